The number of anilines is 1. The van der Waals surface area contributed by atoms with Gasteiger partial charge in [-0.25, -0.2) is 4.98 Å². The van der Waals surface area contributed by atoms with Gasteiger partial charge < -0.3 is 5.32 Å². The summed E-state index contributed by atoms with van der Waals surface area (Å²) in [5.41, 5.74) is -0.0411. The minimum absolute atomic E-state index is 0.00748. The standard InChI is InChI=1S/C13H9BrClF3N2/c14-9-5-11(12(15)20-7-9)19-6-8-3-1-2-4-10(8)13(16,17)18/h1-5,7,19H,6H2. The predicted octanol–water partition coefficient (Wildman–Crippen LogP) is 5.13. The van der Waals surface area contributed by atoms with Crippen LogP contribution in [-0.2, 0) is 12.7 Å². The lowest BCUT2D eigenvalue weighted by atomic mass is 10.1. The maximum Gasteiger partial charge on any atom is 0.416 e. The highest BCUT2D eigenvalue weighted by Gasteiger charge is 2.32. The van der Waals surface area contributed by atoms with Crippen LogP contribution in [0.2, 0.25) is 5.15 Å². The van der Waals surface area contributed by atoms with Crippen LogP contribution in [0.1, 0.15) is 11.1 Å². The van der Waals surface area contributed by atoms with Crippen LogP contribution >= 0.6 is 27.5 Å². The lowest BCUT2D eigenvalue weighted by Crippen LogP contribution is -2.11. The number of hydrogen-bond acceptors (Lipinski definition) is 2. The molecule has 1 heterocycles. The summed E-state index contributed by atoms with van der Waals surface area (Å²) in [5.74, 6) is 0. The molecule has 0 aliphatic rings. The number of halogens is 5. The van der Waals surface area contributed by atoms with E-state index < -0.39 is 11.7 Å². The first-order valence-electron chi connectivity index (χ1n) is 5.58. The Balaban J connectivity index is 2.21. The summed E-state index contributed by atoms with van der Waals surface area (Å²) in [7, 11) is 0. The number of nitrogens with one attached hydrogen (secondary N) is 1. The van der Waals surface area contributed by atoms with E-state index in [2.05, 4.69) is 26.2 Å². The van der Waals surface area contributed by atoms with Gasteiger partial charge in [0.15, 0.2) is 5.15 Å². The van der Waals surface area contributed by atoms with Crippen molar-refractivity contribution in [3.05, 3.63) is 57.3 Å². The summed E-state index contributed by atoms with van der Waals surface area (Å²) in [4.78, 5) is 3.90. The fourth-order valence-corrected chi connectivity index (χ4v) is 2.19. The van der Waals surface area contributed by atoms with Gasteiger partial charge in [-0.1, -0.05) is 29.8 Å². The van der Waals surface area contributed by atoms with Gasteiger partial charge in [-0.2, -0.15) is 13.2 Å². The van der Waals surface area contributed by atoms with Gasteiger partial charge in [-0.15, -0.1) is 0 Å². The first-order valence-corrected chi connectivity index (χ1v) is 6.75. The Morgan fingerprint density at radius 1 is 1.25 bits per heavy atom. The summed E-state index contributed by atoms with van der Waals surface area (Å²) < 4.78 is 39.2. The van der Waals surface area contributed by atoms with Crippen molar-refractivity contribution in [2.45, 2.75) is 12.7 Å². The largest absolute Gasteiger partial charge is 0.416 e. The van der Waals surface area contributed by atoms with Gasteiger partial charge in [0.05, 0.1) is 11.3 Å². The molecular formula is C13H9BrClF3N2. The third-order valence-electron chi connectivity index (χ3n) is 2.60. The van der Waals surface area contributed by atoms with Crippen molar-refractivity contribution in [3.63, 3.8) is 0 Å². The summed E-state index contributed by atoms with van der Waals surface area (Å²) in [6, 6.07) is 7.06. The zero-order valence-electron chi connectivity index (χ0n) is 10.0. The molecule has 0 aliphatic carbocycles. The maximum absolute atomic E-state index is 12.8. The predicted molar refractivity (Wildman–Crippen MR) is 75.7 cm³/mol. The molecule has 0 saturated heterocycles. The Morgan fingerprint density at radius 2 is 1.95 bits per heavy atom. The van der Waals surface area contributed by atoms with Crippen molar-refractivity contribution >= 4 is 33.2 Å². The zero-order chi connectivity index (χ0) is 14.8. The Kier molecular flexibility index (Phi) is 4.55. The number of benzene rings is 1. The smallest absolute Gasteiger partial charge is 0.378 e. The van der Waals surface area contributed by atoms with E-state index in [0.29, 0.717) is 10.2 Å². The molecule has 0 bridgehead atoms. The summed E-state index contributed by atoms with van der Waals surface area (Å²) >= 11 is 9.10. The molecule has 106 valence electrons. The Labute approximate surface area is 127 Å². The van der Waals surface area contributed by atoms with Crippen LogP contribution in [0.5, 0.6) is 0 Å². The average molecular weight is 366 g/mol. The average Bonchev–Trinajstić information content (AvgIpc) is 2.39. The lowest BCUT2D eigenvalue weighted by molar-refractivity contribution is -0.138. The van der Waals surface area contributed by atoms with Crippen molar-refractivity contribution in [1.29, 1.82) is 0 Å². The van der Waals surface area contributed by atoms with Crippen LogP contribution in [0.15, 0.2) is 41.0 Å². The van der Waals surface area contributed by atoms with Crippen LogP contribution < -0.4 is 5.32 Å². The summed E-state index contributed by atoms with van der Waals surface area (Å²) in [6.45, 7) is 0.00748. The molecule has 0 amide bonds. The number of hydrogen-bond donors (Lipinski definition) is 1. The van der Waals surface area contributed by atoms with Crippen molar-refractivity contribution in [2.75, 3.05) is 5.32 Å². The van der Waals surface area contributed by atoms with Crippen molar-refractivity contribution in [2.24, 2.45) is 0 Å². The van der Waals surface area contributed by atoms with E-state index in [9.17, 15) is 13.2 Å². The molecule has 0 saturated carbocycles. The van der Waals surface area contributed by atoms with Crippen molar-refractivity contribution in [3.8, 4) is 0 Å². The van der Waals surface area contributed by atoms with Crippen molar-refractivity contribution in [1.82, 2.24) is 4.98 Å². The van der Waals surface area contributed by atoms with Gasteiger partial charge in [0.25, 0.3) is 0 Å². The molecular weight excluding hydrogens is 357 g/mol. The van der Waals surface area contributed by atoms with E-state index >= 15 is 0 Å². The maximum atomic E-state index is 12.8. The SMILES string of the molecule is FC(F)(F)c1ccccc1CNc1cc(Br)cnc1Cl. The van der Waals surface area contributed by atoms with Gasteiger partial charge in [-0.05, 0) is 33.6 Å². The zero-order valence-corrected chi connectivity index (χ0v) is 12.4. The molecule has 1 aromatic heterocycles. The fourth-order valence-electron chi connectivity index (χ4n) is 1.69. The molecule has 20 heavy (non-hydrogen) atoms. The highest BCUT2D eigenvalue weighted by atomic mass is 79.9. The number of aromatic nitrogens is 1. The second kappa shape index (κ2) is 6.01. The van der Waals surface area contributed by atoms with Gasteiger partial charge >= 0.3 is 6.18 Å². The van der Waals surface area contributed by atoms with Crippen LogP contribution in [0.3, 0.4) is 0 Å². The van der Waals surface area contributed by atoms with Gasteiger partial charge in [0, 0.05) is 17.2 Å². The number of nitrogens with zero attached hydrogens (tertiary/aromatic N) is 1. The van der Waals surface area contributed by atoms with Crippen LogP contribution in [0, 0.1) is 0 Å². The molecule has 0 aliphatic heterocycles. The molecule has 2 nitrogen and oxygen atoms in total. The first kappa shape index (κ1) is 15.1. The van der Waals surface area contributed by atoms with Crippen LogP contribution in [0.4, 0.5) is 18.9 Å². The van der Waals surface area contributed by atoms with E-state index in [1.165, 1.54) is 18.3 Å². The molecule has 0 atom stereocenters. The molecule has 7 heteroatoms. The number of rotatable bonds is 3. The molecule has 2 aromatic rings. The second-order valence-electron chi connectivity index (χ2n) is 4.00. The summed E-state index contributed by atoms with van der Waals surface area (Å²) in [6.07, 6.45) is -2.87. The minimum Gasteiger partial charge on any atom is -0.378 e. The quantitative estimate of drug-likeness (QED) is 0.763. The van der Waals surface area contributed by atoms with Gasteiger partial charge in [0.1, 0.15) is 0 Å². The van der Waals surface area contributed by atoms with E-state index in [-0.39, 0.29) is 17.3 Å². The van der Waals surface area contributed by atoms with Gasteiger partial charge in [-0.3, -0.25) is 0 Å². The normalized spacial score (nSPS) is 11.4. The number of pyridine rings is 1. The highest BCUT2D eigenvalue weighted by Crippen LogP contribution is 2.32. The Bertz CT molecular complexity index is 617. The highest BCUT2D eigenvalue weighted by molar-refractivity contribution is 9.10. The molecule has 0 spiro atoms. The third-order valence-corrected chi connectivity index (χ3v) is 3.33. The first-order chi connectivity index (χ1) is 9.38. The molecule has 1 aromatic carbocycles. The number of alkyl halides is 3. The summed E-state index contributed by atoms with van der Waals surface area (Å²) in [5, 5.41) is 3.06. The van der Waals surface area contributed by atoms with Crippen LogP contribution in [-0.4, -0.2) is 4.98 Å². The molecule has 1 N–H and O–H groups in total. The molecule has 0 radical (unpaired) electrons. The van der Waals surface area contributed by atoms with E-state index in [1.54, 1.807) is 12.1 Å². The molecule has 0 unspecified atom stereocenters. The Morgan fingerprint density at radius 3 is 2.65 bits per heavy atom. The fraction of sp³-hybridized carbons (Fsp3) is 0.154. The topological polar surface area (TPSA) is 24.9 Å². The molecule has 2 rings (SSSR count). The van der Waals surface area contributed by atoms with Gasteiger partial charge in [0.2, 0.25) is 0 Å². The second-order valence-corrected chi connectivity index (χ2v) is 5.27. The van der Waals surface area contributed by atoms with E-state index in [1.807, 2.05) is 0 Å². The Hall–Kier alpha value is -1.27. The molecule has 0 fully saturated rings. The third kappa shape index (κ3) is 3.64. The van der Waals surface area contributed by atoms with E-state index in [0.717, 1.165) is 6.07 Å². The monoisotopic (exact) mass is 364 g/mol. The van der Waals surface area contributed by atoms with E-state index in [4.69, 9.17) is 11.6 Å². The minimum atomic E-state index is -4.38. The van der Waals surface area contributed by atoms with Crippen molar-refractivity contribution < 1.29 is 13.2 Å². The van der Waals surface area contributed by atoms with Crippen LogP contribution in [0.25, 0.3) is 0 Å². The lowest BCUT2D eigenvalue weighted by Gasteiger charge is -2.14.